The van der Waals surface area contributed by atoms with E-state index < -0.39 is 24.6 Å². The standard InChI is InChI=1S/C31H32FN5O4/c1-17(2)29-25(13-12-22(38)15-23(39)16-27(40)41)28(19-8-10-21(32)11-9-19)24-5-3-4-18-6-7-20(31-34-36-37-35-31)14-26(18)30(24)33-29/h6-14,17,22-23,38-39H,3-5,15-16H2,1-2H3,(H,40,41)(H,34,35,36,37)/t22-,23-/m1/s1. The Bertz CT molecular complexity index is 1570. The van der Waals surface area contributed by atoms with Crippen LogP contribution in [0.1, 0.15) is 61.4 Å². The predicted molar refractivity (Wildman–Crippen MR) is 152 cm³/mol. The number of nitrogens with zero attached hydrogens (tertiary/aromatic N) is 4. The van der Waals surface area contributed by atoms with Crippen molar-refractivity contribution in [3.63, 3.8) is 0 Å². The van der Waals surface area contributed by atoms with E-state index in [-0.39, 0.29) is 18.2 Å². The van der Waals surface area contributed by atoms with Gasteiger partial charge in [-0.2, -0.15) is 5.21 Å². The molecule has 0 amide bonds. The summed E-state index contributed by atoms with van der Waals surface area (Å²) in [7, 11) is 0. The van der Waals surface area contributed by atoms with Gasteiger partial charge in [-0.25, -0.2) is 4.39 Å². The van der Waals surface area contributed by atoms with Crippen LogP contribution in [0.3, 0.4) is 0 Å². The number of aliphatic hydroxyl groups excluding tert-OH is 2. The van der Waals surface area contributed by atoms with Crippen LogP contribution in [0.25, 0.3) is 39.8 Å². The average molecular weight is 558 g/mol. The van der Waals surface area contributed by atoms with E-state index in [0.29, 0.717) is 5.82 Å². The van der Waals surface area contributed by atoms with Crippen molar-refractivity contribution in [2.45, 2.75) is 64.1 Å². The lowest BCUT2D eigenvalue weighted by molar-refractivity contribution is -0.139. The van der Waals surface area contributed by atoms with Gasteiger partial charge in [0.05, 0.1) is 30.0 Å². The molecule has 0 bridgehead atoms. The van der Waals surface area contributed by atoms with Gasteiger partial charge in [0.15, 0.2) is 0 Å². The van der Waals surface area contributed by atoms with Crippen molar-refractivity contribution in [1.82, 2.24) is 25.6 Å². The minimum absolute atomic E-state index is 0.000912. The van der Waals surface area contributed by atoms with E-state index in [1.165, 1.54) is 12.1 Å². The fraction of sp³-hybridized carbons (Fsp3) is 0.323. The van der Waals surface area contributed by atoms with Crippen LogP contribution in [-0.4, -0.2) is 59.1 Å². The minimum atomic E-state index is -1.18. The summed E-state index contributed by atoms with van der Waals surface area (Å²) in [4.78, 5) is 16.2. The number of aliphatic carboxylic acids is 1. The summed E-state index contributed by atoms with van der Waals surface area (Å²) in [5.74, 6) is -0.985. The normalized spacial score (nSPS) is 14.5. The maximum Gasteiger partial charge on any atom is 0.305 e. The quantitative estimate of drug-likeness (QED) is 0.226. The SMILES string of the molecule is CC(C)c1nc2c(c(-c3ccc(F)cc3)c1C=C[C@@H](O)C[C@@H](O)CC(=O)O)CCCc1ccc(-c3nn[nH]n3)cc1-2. The first-order valence-corrected chi connectivity index (χ1v) is 13.7. The van der Waals surface area contributed by atoms with E-state index in [2.05, 4.69) is 26.7 Å². The van der Waals surface area contributed by atoms with Crippen molar-refractivity contribution in [1.29, 1.82) is 0 Å². The Labute approximate surface area is 236 Å². The van der Waals surface area contributed by atoms with Crippen LogP contribution in [0.5, 0.6) is 0 Å². The molecule has 2 aromatic carbocycles. The molecule has 0 unspecified atom stereocenters. The van der Waals surface area contributed by atoms with Crippen LogP contribution in [-0.2, 0) is 17.6 Å². The zero-order valence-electron chi connectivity index (χ0n) is 22.9. The molecule has 2 atom stereocenters. The summed E-state index contributed by atoms with van der Waals surface area (Å²) in [6.07, 6.45) is 3.01. The van der Waals surface area contributed by atoms with Crippen molar-refractivity contribution in [2.24, 2.45) is 0 Å². The van der Waals surface area contributed by atoms with Gasteiger partial charge in [-0.05, 0) is 70.8 Å². The number of H-pyrrole nitrogens is 1. The number of hydrogen-bond donors (Lipinski definition) is 4. The average Bonchev–Trinajstić information content (AvgIpc) is 3.40. The first-order valence-electron chi connectivity index (χ1n) is 13.7. The molecule has 5 rings (SSSR count). The number of halogens is 1. The van der Waals surface area contributed by atoms with Gasteiger partial charge in [-0.1, -0.05) is 50.3 Å². The molecule has 4 aromatic rings. The number of carboxylic acids is 1. The Morgan fingerprint density at radius 1 is 1.10 bits per heavy atom. The molecular formula is C31H32FN5O4. The number of tetrazole rings is 1. The van der Waals surface area contributed by atoms with Crippen LogP contribution in [0.2, 0.25) is 0 Å². The van der Waals surface area contributed by atoms with Gasteiger partial charge in [-0.3, -0.25) is 9.78 Å². The Kier molecular flexibility index (Phi) is 8.32. The number of rotatable bonds is 9. The molecule has 212 valence electrons. The van der Waals surface area contributed by atoms with E-state index in [1.54, 1.807) is 24.3 Å². The maximum absolute atomic E-state index is 14.0. The number of benzene rings is 2. The number of carbonyl (C=O) groups is 1. The van der Waals surface area contributed by atoms with E-state index >= 15 is 0 Å². The molecule has 2 heterocycles. The molecule has 0 aliphatic heterocycles. The molecule has 2 aromatic heterocycles. The Morgan fingerprint density at radius 2 is 1.85 bits per heavy atom. The van der Waals surface area contributed by atoms with Gasteiger partial charge in [0, 0.05) is 23.1 Å². The number of hydrogen-bond acceptors (Lipinski definition) is 7. The molecule has 9 nitrogen and oxygen atoms in total. The highest BCUT2D eigenvalue weighted by Crippen LogP contribution is 2.42. The second-order valence-electron chi connectivity index (χ2n) is 10.6. The van der Waals surface area contributed by atoms with Crippen LogP contribution >= 0.6 is 0 Å². The molecule has 1 aliphatic carbocycles. The number of aromatic nitrogens is 5. The van der Waals surface area contributed by atoms with Gasteiger partial charge in [0.25, 0.3) is 0 Å². The lowest BCUT2D eigenvalue weighted by atomic mass is 9.86. The molecule has 0 radical (unpaired) electrons. The van der Waals surface area contributed by atoms with E-state index in [1.807, 2.05) is 26.0 Å². The zero-order chi connectivity index (χ0) is 29.1. The zero-order valence-corrected chi connectivity index (χ0v) is 22.9. The predicted octanol–water partition coefficient (Wildman–Crippen LogP) is 4.95. The molecule has 1 aliphatic rings. The highest BCUT2D eigenvalue weighted by Gasteiger charge is 2.26. The third-order valence-electron chi connectivity index (χ3n) is 7.30. The molecule has 10 heteroatoms. The Morgan fingerprint density at radius 3 is 2.54 bits per heavy atom. The highest BCUT2D eigenvalue weighted by atomic mass is 19.1. The largest absolute Gasteiger partial charge is 0.481 e. The third kappa shape index (κ3) is 6.23. The van der Waals surface area contributed by atoms with E-state index in [4.69, 9.17) is 10.1 Å². The molecule has 0 saturated heterocycles. The Balaban J connectivity index is 1.70. The highest BCUT2D eigenvalue weighted by molar-refractivity contribution is 5.86. The van der Waals surface area contributed by atoms with Crippen LogP contribution < -0.4 is 0 Å². The first-order chi connectivity index (χ1) is 19.7. The number of pyridine rings is 1. The summed E-state index contributed by atoms with van der Waals surface area (Å²) in [6.45, 7) is 4.09. The number of aliphatic hydroxyl groups is 2. The lowest BCUT2D eigenvalue weighted by Crippen LogP contribution is -2.19. The van der Waals surface area contributed by atoms with Gasteiger partial charge < -0.3 is 15.3 Å². The maximum atomic E-state index is 14.0. The minimum Gasteiger partial charge on any atom is -0.481 e. The lowest BCUT2D eigenvalue weighted by Gasteiger charge is -2.22. The molecule has 0 saturated carbocycles. The molecule has 41 heavy (non-hydrogen) atoms. The van der Waals surface area contributed by atoms with Gasteiger partial charge >= 0.3 is 5.97 Å². The first kappa shape index (κ1) is 28.3. The van der Waals surface area contributed by atoms with Crippen LogP contribution in [0, 0.1) is 5.82 Å². The smallest absolute Gasteiger partial charge is 0.305 e. The summed E-state index contributed by atoms with van der Waals surface area (Å²) in [5.41, 5.74) is 8.16. The number of fused-ring (bicyclic) bond motifs is 3. The van der Waals surface area contributed by atoms with E-state index in [9.17, 15) is 19.4 Å². The second kappa shape index (κ2) is 12.1. The van der Waals surface area contributed by atoms with Crippen LogP contribution in [0.4, 0.5) is 4.39 Å². The fourth-order valence-electron chi connectivity index (χ4n) is 5.42. The topological polar surface area (TPSA) is 145 Å². The van der Waals surface area contributed by atoms with E-state index in [0.717, 1.165) is 69.6 Å². The third-order valence-corrected chi connectivity index (χ3v) is 7.30. The number of aromatic amines is 1. The Hall–Kier alpha value is -4.28. The molecule has 4 N–H and O–H groups in total. The van der Waals surface area contributed by atoms with Gasteiger partial charge in [0.2, 0.25) is 5.82 Å². The van der Waals surface area contributed by atoms with Gasteiger partial charge in [-0.15, -0.1) is 10.2 Å². The van der Waals surface area contributed by atoms with Crippen molar-refractivity contribution < 1.29 is 24.5 Å². The monoisotopic (exact) mass is 557 g/mol. The van der Waals surface area contributed by atoms with Gasteiger partial charge in [0.1, 0.15) is 5.82 Å². The molecule has 0 fully saturated rings. The number of carboxylic acid groups (broad SMARTS) is 1. The number of nitrogens with one attached hydrogen (secondary N) is 1. The summed E-state index contributed by atoms with van der Waals surface area (Å²) in [5, 5.41) is 44.1. The number of aryl methyl sites for hydroxylation is 1. The fourth-order valence-corrected chi connectivity index (χ4v) is 5.42. The van der Waals surface area contributed by atoms with Crippen molar-refractivity contribution in [2.75, 3.05) is 0 Å². The molecular weight excluding hydrogens is 525 g/mol. The van der Waals surface area contributed by atoms with Crippen molar-refractivity contribution >= 4 is 12.0 Å². The van der Waals surface area contributed by atoms with Crippen molar-refractivity contribution in [3.05, 3.63) is 76.7 Å². The summed E-state index contributed by atoms with van der Waals surface area (Å²) >= 11 is 0. The van der Waals surface area contributed by atoms with Crippen molar-refractivity contribution in [3.8, 4) is 33.8 Å². The van der Waals surface area contributed by atoms with Crippen LogP contribution in [0.15, 0.2) is 48.5 Å². The summed E-state index contributed by atoms with van der Waals surface area (Å²) in [6, 6.07) is 12.5. The second-order valence-corrected chi connectivity index (χ2v) is 10.6. The summed E-state index contributed by atoms with van der Waals surface area (Å²) < 4.78 is 14.0. The molecule has 0 spiro atoms.